The van der Waals surface area contributed by atoms with Crippen LogP contribution in [0.3, 0.4) is 0 Å². The fraction of sp³-hybridized carbons (Fsp3) is 0. The lowest BCUT2D eigenvalue weighted by molar-refractivity contribution is 1.35. The Balaban J connectivity index is 1.05. The van der Waals surface area contributed by atoms with Gasteiger partial charge >= 0.3 is 0 Å². The fourth-order valence-electron chi connectivity index (χ4n) is 8.00. The van der Waals surface area contributed by atoms with E-state index in [0.29, 0.717) is 0 Å². The summed E-state index contributed by atoms with van der Waals surface area (Å²) in [4.78, 5) is 5.42. The second-order valence-electron chi connectivity index (χ2n) is 14.4. The number of pyridine rings is 1. The highest BCUT2D eigenvalue weighted by molar-refractivity contribution is 6.00. The molecule has 10 aromatic rings. The van der Waals surface area contributed by atoms with Crippen molar-refractivity contribution in [2.75, 3.05) is 0 Å². The predicted octanol–water partition coefficient (Wildman–Crippen LogP) is 15.1. The van der Waals surface area contributed by atoms with Crippen molar-refractivity contribution in [3.8, 4) is 78.1 Å². The molecule has 1 aromatic heterocycles. The standard InChI is InChI=1S/C55H37N/c1-3-15-38(16-4-1)48-34-49(39-17-5-2-6-18-39)36-50(35-48)43-24-11-22-41(31-43)42-23-12-26-46(32-42)54-37-45-20-8-10-29-53(45)55(56-54)47-27-13-25-44(33-47)52-30-14-21-40-19-7-9-28-51(40)52/h1-37H. The summed E-state index contributed by atoms with van der Waals surface area (Å²) in [6.07, 6.45) is 0. The highest BCUT2D eigenvalue weighted by Gasteiger charge is 2.14. The number of nitrogens with zero attached hydrogens (tertiary/aromatic N) is 1. The Hall–Kier alpha value is -7.35. The number of rotatable bonds is 7. The van der Waals surface area contributed by atoms with E-state index >= 15 is 0 Å². The molecule has 0 aliphatic carbocycles. The largest absolute Gasteiger partial charge is 0.247 e. The molecule has 0 unspecified atom stereocenters. The minimum atomic E-state index is 0.954. The molecule has 0 fully saturated rings. The van der Waals surface area contributed by atoms with Crippen LogP contribution in [0, 0.1) is 0 Å². The van der Waals surface area contributed by atoms with Gasteiger partial charge in [-0.2, -0.15) is 0 Å². The molecule has 0 amide bonds. The molecule has 10 rings (SSSR count). The number of fused-ring (bicyclic) bond motifs is 2. The molecule has 262 valence electrons. The van der Waals surface area contributed by atoms with E-state index < -0.39 is 0 Å². The van der Waals surface area contributed by atoms with Gasteiger partial charge in [0.05, 0.1) is 11.4 Å². The van der Waals surface area contributed by atoms with Gasteiger partial charge in [0, 0.05) is 16.5 Å². The lowest BCUT2D eigenvalue weighted by atomic mass is 9.92. The van der Waals surface area contributed by atoms with Crippen LogP contribution in [0.5, 0.6) is 0 Å². The van der Waals surface area contributed by atoms with E-state index in [1.807, 2.05) is 0 Å². The number of hydrogen-bond donors (Lipinski definition) is 0. The molecule has 1 heterocycles. The third-order valence-corrected chi connectivity index (χ3v) is 10.8. The topological polar surface area (TPSA) is 12.9 Å². The van der Waals surface area contributed by atoms with Gasteiger partial charge in [-0.3, -0.25) is 0 Å². The van der Waals surface area contributed by atoms with Gasteiger partial charge in [0.2, 0.25) is 0 Å². The van der Waals surface area contributed by atoms with Gasteiger partial charge in [0.1, 0.15) is 0 Å². The number of benzene rings is 9. The minimum absolute atomic E-state index is 0.954. The van der Waals surface area contributed by atoms with Crippen molar-refractivity contribution >= 4 is 21.5 Å². The zero-order valence-corrected chi connectivity index (χ0v) is 30.8. The molecule has 9 aromatic carbocycles. The van der Waals surface area contributed by atoms with Crippen LogP contribution in [-0.2, 0) is 0 Å². The second-order valence-corrected chi connectivity index (χ2v) is 14.4. The highest BCUT2D eigenvalue weighted by atomic mass is 14.7. The summed E-state index contributed by atoms with van der Waals surface area (Å²) in [6.45, 7) is 0. The Kier molecular flexibility index (Phi) is 8.59. The molecular formula is C55H37N. The average molecular weight is 712 g/mol. The lowest BCUT2D eigenvalue weighted by Gasteiger charge is -2.14. The van der Waals surface area contributed by atoms with E-state index in [0.717, 1.165) is 33.5 Å². The minimum Gasteiger partial charge on any atom is -0.247 e. The van der Waals surface area contributed by atoms with Crippen molar-refractivity contribution in [3.05, 3.63) is 224 Å². The molecule has 0 saturated carbocycles. The Morgan fingerprint density at radius 2 is 0.643 bits per heavy atom. The Morgan fingerprint density at radius 3 is 1.32 bits per heavy atom. The number of hydrogen-bond acceptors (Lipinski definition) is 1. The van der Waals surface area contributed by atoms with Crippen LogP contribution in [-0.4, -0.2) is 4.98 Å². The van der Waals surface area contributed by atoms with Crippen molar-refractivity contribution in [2.24, 2.45) is 0 Å². The van der Waals surface area contributed by atoms with E-state index in [1.54, 1.807) is 0 Å². The van der Waals surface area contributed by atoms with Crippen LogP contribution in [0.4, 0.5) is 0 Å². The summed E-state index contributed by atoms with van der Waals surface area (Å²) in [6, 6.07) is 80.7. The van der Waals surface area contributed by atoms with Gasteiger partial charge in [-0.05, 0) is 114 Å². The molecule has 0 spiro atoms. The highest BCUT2D eigenvalue weighted by Crippen LogP contribution is 2.38. The van der Waals surface area contributed by atoms with Crippen LogP contribution in [0.1, 0.15) is 0 Å². The van der Waals surface area contributed by atoms with E-state index in [4.69, 9.17) is 4.98 Å². The van der Waals surface area contributed by atoms with Crippen LogP contribution < -0.4 is 0 Å². The van der Waals surface area contributed by atoms with Crippen molar-refractivity contribution in [3.63, 3.8) is 0 Å². The van der Waals surface area contributed by atoms with Crippen LogP contribution >= 0.6 is 0 Å². The predicted molar refractivity (Wildman–Crippen MR) is 237 cm³/mol. The summed E-state index contributed by atoms with van der Waals surface area (Å²) in [5, 5.41) is 4.80. The van der Waals surface area contributed by atoms with Gasteiger partial charge in [0.15, 0.2) is 0 Å². The maximum atomic E-state index is 5.42. The summed E-state index contributed by atoms with van der Waals surface area (Å²) in [7, 11) is 0. The van der Waals surface area contributed by atoms with Crippen molar-refractivity contribution in [2.45, 2.75) is 0 Å². The molecule has 0 N–H and O–H groups in total. The molecular weight excluding hydrogens is 675 g/mol. The normalized spacial score (nSPS) is 11.2. The molecule has 0 aliphatic heterocycles. The summed E-state index contributed by atoms with van der Waals surface area (Å²) in [5.74, 6) is 0. The first-order valence-electron chi connectivity index (χ1n) is 19.2. The first-order chi connectivity index (χ1) is 27.7. The van der Waals surface area contributed by atoms with E-state index in [2.05, 4.69) is 224 Å². The SMILES string of the molecule is c1ccc(-c2cc(-c3ccccc3)cc(-c3cccc(-c4cccc(-c5cc6ccccc6c(-c6cccc(-c7cccc8ccccc78)c6)n5)c4)c3)c2)cc1. The smallest absolute Gasteiger partial charge is 0.0788 e. The molecule has 1 heteroatoms. The van der Waals surface area contributed by atoms with Gasteiger partial charge in [-0.25, -0.2) is 4.98 Å². The van der Waals surface area contributed by atoms with E-state index in [1.165, 1.54) is 66.2 Å². The van der Waals surface area contributed by atoms with Crippen molar-refractivity contribution < 1.29 is 0 Å². The summed E-state index contributed by atoms with van der Waals surface area (Å²) < 4.78 is 0. The van der Waals surface area contributed by atoms with Gasteiger partial charge in [0.25, 0.3) is 0 Å². The molecule has 0 radical (unpaired) electrons. The molecule has 0 atom stereocenters. The first-order valence-corrected chi connectivity index (χ1v) is 19.2. The van der Waals surface area contributed by atoms with Crippen molar-refractivity contribution in [1.29, 1.82) is 0 Å². The lowest BCUT2D eigenvalue weighted by Crippen LogP contribution is -1.92. The van der Waals surface area contributed by atoms with E-state index in [9.17, 15) is 0 Å². The molecule has 0 saturated heterocycles. The molecule has 1 nitrogen and oxygen atoms in total. The Morgan fingerprint density at radius 1 is 0.232 bits per heavy atom. The quantitative estimate of drug-likeness (QED) is 0.160. The maximum Gasteiger partial charge on any atom is 0.0788 e. The van der Waals surface area contributed by atoms with Crippen molar-refractivity contribution in [1.82, 2.24) is 4.98 Å². The number of aromatic nitrogens is 1. The first kappa shape index (κ1) is 33.2. The molecule has 0 aliphatic rings. The molecule has 0 bridgehead atoms. The average Bonchev–Trinajstić information content (AvgIpc) is 3.29. The third-order valence-electron chi connectivity index (χ3n) is 10.8. The van der Waals surface area contributed by atoms with Crippen LogP contribution in [0.15, 0.2) is 224 Å². The zero-order valence-electron chi connectivity index (χ0n) is 30.8. The summed E-state index contributed by atoms with van der Waals surface area (Å²) >= 11 is 0. The van der Waals surface area contributed by atoms with Crippen LogP contribution in [0.2, 0.25) is 0 Å². The van der Waals surface area contributed by atoms with Gasteiger partial charge in [-0.1, -0.05) is 182 Å². The molecule has 56 heavy (non-hydrogen) atoms. The van der Waals surface area contributed by atoms with E-state index in [-0.39, 0.29) is 0 Å². The second kappa shape index (κ2) is 14.5. The Labute approximate surface area is 327 Å². The Bertz CT molecular complexity index is 2950. The maximum absolute atomic E-state index is 5.42. The van der Waals surface area contributed by atoms with Gasteiger partial charge < -0.3 is 0 Å². The van der Waals surface area contributed by atoms with Crippen LogP contribution in [0.25, 0.3) is 99.7 Å². The third kappa shape index (κ3) is 6.46. The zero-order chi connectivity index (χ0) is 37.3. The monoisotopic (exact) mass is 711 g/mol. The fourth-order valence-corrected chi connectivity index (χ4v) is 8.00. The van der Waals surface area contributed by atoms with Gasteiger partial charge in [-0.15, -0.1) is 0 Å². The summed E-state index contributed by atoms with van der Waals surface area (Å²) in [5.41, 5.74) is 16.0.